The number of hydrogen-bond acceptors (Lipinski definition) is 4. The molecule has 6 nitrogen and oxygen atoms in total. The van der Waals surface area contributed by atoms with E-state index in [1.54, 1.807) is 11.9 Å². The first-order valence-electron chi connectivity index (χ1n) is 8.45. The van der Waals surface area contributed by atoms with E-state index in [9.17, 15) is 9.59 Å². The second kappa shape index (κ2) is 6.53. The molecule has 6 heteroatoms. The zero-order valence-corrected chi connectivity index (χ0v) is 14.3. The van der Waals surface area contributed by atoms with Crippen LogP contribution in [0.5, 0.6) is 0 Å². The normalized spacial score (nSPS) is 20.6. The van der Waals surface area contributed by atoms with Crippen molar-refractivity contribution < 1.29 is 14.3 Å². The van der Waals surface area contributed by atoms with Gasteiger partial charge < -0.3 is 20.7 Å². The first-order valence-corrected chi connectivity index (χ1v) is 8.45. The third-order valence-electron chi connectivity index (χ3n) is 5.35. The van der Waals surface area contributed by atoms with Crippen LogP contribution in [0.15, 0.2) is 18.2 Å². The van der Waals surface area contributed by atoms with Gasteiger partial charge in [0.1, 0.15) is 0 Å². The number of amides is 2. The minimum atomic E-state index is -0.528. The van der Waals surface area contributed by atoms with Crippen LogP contribution in [0.1, 0.15) is 36.9 Å². The van der Waals surface area contributed by atoms with Crippen molar-refractivity contribution in [3.05, 3.63) is 29.3 Å². The number of likely N-dealkylation sites (N-methyl/N-ethyl adjacent to an activating group) is 1. The van der Waals surface area contributed by atoms with Crippen LogP contribution in [-0.2, 0) is 20.7 Å². The summed E-state index contributed by atoms with van der Waals surface area (Å²) >= 11 is 0. The van der Waals surface area contributed by atoms with Crippen molar-refractivity contribution in [2.75, 3.05) is 31.7 Å². The smallest absolute Gasteiger partial charge is 0.231 e. The largest absolute Gasteiger partial charge is 0.381 e. The van der Waals surface area contributed by atoms with Crippen LogP contribution in [0.25, 0.3) is 0 Å². The third kappa shape index (κ3) is 2.91. The number of nitrogens with zero attached hydrogens (tertiary/aromatic N) is 1. The highest BCUT2D eigenvalue weighted by molar-refractivity contribution is 6.01. The van der Waals surface area contributed by atoms with Crippen LogP contribution >= 0.6 is 0 Å². The highest BCUT2D eigenvalue weighted by Crippen LogP contribution is 2.32. The first kappa shape index (κ1) is 16.9. The quantitative estimate of drug-likeness (QED) is 0.866. The van der Waals surface area contributed by atoms with Crippen LogP contribution in [0, 0.1) is 5.41 Å². The lowest BCUT2D eigenvalue weighted by molar-refractivity contribution is -0.136. The number of anilines is 1. The standard InChI is InChI=1S/C18H25N3O3/c1-12(20-17(23)18(11-19)5-7-24-8-6-18)13-3-4-15-14(9-13)10-16(22)21(15)2/h3-4,9,12H,5-8,10-11,19H2,1-2H3,(H,20,23). The molecule has 3 N–H and O–H groups in total. The molecule has 1 unspecified atom stereocenters. The molecule has 1 aromatic carbocycles. The lowest BCUT2D eigenvalue weighted by Crippen LogP contribution is -2.49. The van der Waals surface area contributed by atoms with Crippen molar-refractivity contribution in [3.63, 3.8) is 0 Å². The van der Waals surface area contributed by atoms with Gasteiger partial charge in [0.15, 0.2) is 0 Å². The van der Waals surface area contributed by atoms with E-state index in [2.05, 4.69) is 5.32 Å². The summed E-state index contributed by atoms with van der Waals surface area (Å²) in [6.07, 6.45) is 1.74. The number of nitrogens with two attached hydrogens (primary N) is 1. The monoisotopic (exact) mass is 331 g/mol. The van der Waals surface area contributed by atoms with E-state index in [0.29, 0.717) is 39.0 Å². The summed E-state index contributed by atoms with van der Waals surface area (Å²) in [5.74, 6) is 0.0950. The number of rotatable bonds is 4. The van der Waals surface area contributed by atoms with E-state index in [4.69, 9.17) is 10.5 Å². The van der Waals surface area contributed by atoms with Crippen molar-refractivity contribution in [3.8, 4) is 0 Å². The Bertz CT molecular complexity index is 653. The summed E-state index contributed by atoms with van der Waals surface area (Å²) in [6, 6.07) is 5.81. The summed E-state index contributed by atoms with van der Waals surface area (Å²) in [5, 5.41) is 3.10. The van der Waals surface area contributed by atoms with Crippen LogP contribution < -0.4 is 16.0 Å². The molecule has 0 radical (unpaired) electrons. The fourth-order valence-electron chi connectivity index (χ4n) is 3.48. The van der Waals surface area contributed by atoms with Crippen LogP contribution in [-0.4, -0.2) is 38.6 Å². The van der Waals surface area contributed by atoms with Gasteiger partial charge in [-0.15, -0.1) is 0 Å². The molecule has 130 valence electrons. The highest BCUT2D eigenvalue weighted by Gasteiger charge is 2.39. The van der Waals surface area contributed by atoms with Gasteiger partial charge in [-0.1, -0.05) is 12.1 Å². The van der Waals surface area contributed by atoms with E-state index in [1.807, 2.05) is 25.1 Å². The van der Waals surface area contributed by atoms with Gasteiger partial charge >= 0.3 is 0 Å². The van der Waals surface area contributed by atoms with E-state index >= 15 is 0 Å². The highest BCUT2D eigenvalue weighted by atomic mass is 16.5. The molecule has 1 saturated heterocycles. The fourth-order valence-corrected chi connectivity index (χ4v) is 3.48. The van der Waals surface area contributed by atoms with E-state index in [-0.39, 0.29) is 17.9 Å². The van der Waals surface area contributed by atoms with Gasteiger partial charge in [0.25, 0.3) is 0 Å². The molecule has 0 aromatic heterocycles. The SMILES string of the molecule is CC(NC(=O)C1(CN)CCOCC1)c1ccc2c(c1)CC(=O)N2C. The number of nitrogens with one attached hydrogen (secondary N) is 1. The molecule has 1 atom stereocenters. The predicted octanol–water partition coefficient (Wildman–Crippen LogP) is 1.14. The second-order valence-electron chi connectivity index (χ2n) is 6.81. The zero-order chi connectivity index (χ0) is 17.3. The molecular formula is C18H25N3O3. The molecule has 2 aliphatic rings. The fraction of sp³-hybridized carbons (Fsp3) is 0.556. The Kier molecular flexibility index (Phi) is 4.60. The Hall–Kier alpha value is -1.92. The Morgan fingerprint density at radius 2 is 2.12 bits per heavy atom. The van der Waals surface area contributed by atoms with Gasteiger partial charge in [-0.05, 0) is 37.0 Å². The molecule has 3 rings (SSSR count). The van der Waals surface area contributed by atoms with Crippen molar-refractivity contribution in [1.29, 1.82) is 0 Å². The molecule has 2 amide bonds. The molecule has 2 aliphatic heterocycles. The van der Waals surface area contributed by atoms with E-state index in [1.165, 1.54) is 0 Å². The second-order valence-corrected chi connectivity index (χ2v) is 6.81. The van der Waals surface area contributed by atoms with Crippen LogP contribution in [0.3, 0.4) is 0 Å². The topological polar surface area (TPSA) is 84.7 Å². The number of fused-ring (bicyclic) bond motifs is 1. The van der Waals surface area contributed by atoms with Crippen molar-refractivity contribution >= 4 is 17.5 Å². The maximum absolute atomic E-state index is 12.8. The van der Waals surface area contributed by atoms with Crippen LogP contribution in [0.4, 0.5) is 5.69 Å². The summed E-state index contributed by atoms with van der Waals surface area (Å²) in [7, 11) is 1.79. The van der Waals surface area contributed by atoms with Gasteiger partial charge in [-0.3, -0.25) is 9.59 Å². The summed E-state index contributed by atoms with van der Waals surface area (Å²) in [6.45, 7) is 3.45. The predicted molar refractivity (Wildman–Crippen MR) is 91.7 cm³/mol. The Morgan fingerprint density at radius 1 is 1.42 bits per heavy atom. The Morgan fingerprint density at radius 3 is 2.79 bits per heavy atom. The lowest BCUT2D eigenvalue weighted by Gasteiger charge is -2.35. The molecule has 0 saturated carbocycles. The number of benzene rings is 1. The van der Waals surface area contributed by atoms with E-state index in [0.717, 1.165) is 16.8 Å². The van der Waals surface area contributed by atoms with Gasteiger partial charge in [0.05, 0.1) is 17.9 Å². The molecule has 0 spiro atoms. The molecule has 0 aliphatic carbocycles. The summed E-state index contributed by atoms with van der Waals surface area (Å²) in [5.41, 5.74) is 8.34. The Labute approximate surface area is 142 Å². The van der Waals surface area contributed by atoms with Gasteiger partial charge in [0.2, 0.25) is 11.8 Å². The van der Waals surface area contributed by atoms with Crippen molar-refractivity contribution in [2.24, 2.45) is 11.1 Å². The minimum absolute atomic E-state index is 0.00510. The molecule has 2 heterocycles. The Balaban J connectivity index is 1.73. The molecule has 1 aromatic rings. The van der Waals surface area contributed by atoms with Crippen molar-refractivity contribution in [2.45, 2.75) is 32.2 Å². The van der Waals surface area contributed by atoms with Crippen LogP contribution in [0.2, 0.25) is 0 Å². The summed E-state index contributed by atoms with van der Waals surface area (Å²) < 4.78 is 5.36. The van der Waals surface area contributed by atoms with Gasteiger partial charge in [-0.2, -0.15) is 0 Å². The number of ether oxygens (including phenoxy) is 1. The number of carbonyl (C=O) groups excluding carboxylic acids is 2. The number of hydrogen-bond donors (Lipinski definition) is 2. The number of carbonyl (C=O) groups is 2. The maximum atomic E-state index is 12.8. The average Bonchev–Trinajstić information content (AvgIpc) is 2.89. The lowest BCUT2D eigenvalue weighted by atomic mass is 9.79. The summed E-state index contributed by atoms with van der Waals surface area (Å²) in [4.78, 5) is 26.2. The molecular weight excluding hydrogens is 306 g/mol. The van der Waals surface area contributed by atoms with Crippen molar-refractivity contribution in [1.82, 2.24) is 5.32 Å². The average molecular weight is 331 g/mol. The molecule has 24 heavy (non-hydrogen) atoms. The minimum Gasteiger partial charge on any atom is -0.381 e. The van der Waals surface area contributed by atoms with Gasteiger partial charge in [-0.25, -0.2) is 0 Å². The van der Waals surface area contributed by atoms with E-state index < -0.39 is 5.41 Å². The molecule has 0 bridgehead atoms. The maximum Gasteiger partial charge on any atom is 0.231 e. The molecule has 1 fully saturated rings. The first-order chi connectivity index (χ1) is 11.5. The van der Waals surface area contributed by atoms with Gasteiger partial charge in [0, 0.05) is 32.5 Å². The zero-order valence-electron chi connectivity index (χ0n) is 14.3. The third-order valence-corrected chi connectivity index (χ3v) is 5.35.